The fraction of sp³-hybridized carbons (Fsp3) is 0.143. The van der Waals surface area contributed by atoms with Crippen LogP contribution in [0.15, 0.2) is 27.6 Å². The minimum absolute atomic E-state index is 0.114. The Bertz CT molecular complexity index is 329. The molecule has 14 heavy (non-hydrogen) atoms. The molecule has 78 valence electrons. The number of anilines is 1. The van der Waals surface area contributed by atoms with Crippen LogP contribution in [0.5, 0.6) is 0 Å². The van der Waals surface area contributed by atoms with E-state index in [9.17, 15) is 13.2 Å². The summed E-state index contributed by atoms with van der Waals surface area (Å²) in [4.78, 5) is 0.114. The second kappa shape index (κ2) is 4.41. The van der Waals surface area contributed by atoms with Crippen molar-refractivity contribution < 1.29 is 13.2 Å². The van der Waals surface area contributed by atoms with E-state index in [1.54, 1.807) is 0 Å². The van der Waals surface area contributed by atoms with Crippen molar-refractivity contribution in [3.8, 4) is 0 Å². The fourth-order valence-electron chi connectivity index (χ4n) is 0.810. The third kappa shape index (κ3) is 3.39. The van der Waals surface area contributed by atoms with Crippen molar-refractivity contribution in [3.63, 3.8) is 0 Å². The molecule has 1 aromatic rings. The quantitative estimate of drug-likeness (QED) is 0.497. The molecule has 0 heterocycles. The smallest absolute Gasteiger partial charge is 0.323 e. The summed E-state index contributed by atoms with van der Waals surface area (Å²) in [5.74, 6) is 5.12. The van der Waals surface area contributed by atoms with Crippen molar-refractivity contribution in [2.75, 3.05) is 5.43 Å². The van der Waals surface area contributed by atoms with Crippen molar-refractivity contribution in [3.05, 3.63) is 22.7 Å². The summed E-state index contributed by atoms with van der Waals surface area (Å²) >= 11 is 2.93. The molecule has 0 aromatic heterocycles. The number of hydrogen-bond acceptors (Lipinski definition) is 3. The predicted octanol–water partition coefficient (Wildman–Crippen LogP) is 3.35. The number of nitrogens with two attached hydrogens (primary N) is 1. The van der Waals surface area contributed by atoms with Crippen LogP contribution in [0, 0.1) is 0 Å². The van der Waals surface area contributed by atoms with Gasteiger partial charge in [0.1, 0.15) is 0 Å². The van der Waals surface area contributed by atoms with Crippen LogP contribution in [0.1, 0.15) is 0 Å². The Hall–Kier alpha value is -0.400. The Morgan fingerprint density at radius 1 is 1.36 bits per heavy atom. The lowest BCUT2D eigenvalue weighted by molar-refractivity contribution is -0.0328. The maximum atomic E-state index is 12.0. The molecule has 0 aliphatic rings. The summed E-state index contributed by atoms with van der Waals surface area (Å²) in [6.07, 6.45) is 0. The number of nitrogens with one attached hydrogen (secondary N) is 1. The zero-order valence-corrected chi connectivity index (χ0v) is 9.13. The lowest BCUT2D eigenvalue weighted by Crippen LogP contribution is -2.07. The normalized spacial score (nSPS) is 11.5. The van der Waals surface area contributed by atoms with E-state index in [0.717, 1.165) is 0 Å². The molecule has 0 unspecified atom stereocenters. The van der Waals surface area contributed by atoms with Gasteiger partial charge in [-0.25, -0.2) is 0 Å². The molecule has 0 atom stereocenters. The van der Waals surface area contributed by atoms with Gasteiger partial charge in [-0.2, -0.15) is 13.2 Å². The Balaban J connectivity index is 2.87. The first-order chi connectivity index (χ1) is 6.42. The number of hydrazine groups is 1. The van der Waals surface area contributed by atoms with Crippen molar-refractivity contribution in [1.29, 1.82) is 0 Å². The monoisotopic (exact) mass is 286 g/mol. The highest BCUT2D eigenvalue weighted by Crippen LogP contribution is 2.38. The summed E-state index contributed by atoms with van der Waals surface area (Å²) in [5, 5.41) is 0. The van der Waals surface area contributed by atoms with Crippen LogP contribution in [0.3, 0.4) is 0 Å². The van der Waals surface area contributed by atoms with Gasteiger partial charge in [0, 0.05) is 9.37 Å². The lowest BCUT2D eigenvalue weighted by Gasteiger charge is -2.08. The molecule has 2 nitrogen and oxygen atoms in total. The average Bonchev–Trinajstić information content (AvgIpc) is 2.01. The molecule has 0 radical (unpaired) electrons. The van der Waals surface area contributed by atoms with E-state index in [2.05, 4.69) is 21.4 Å². The van der Waals surface area contributed by atoms with E-state index < -0.39 is 5.51 Å². The molecule has 1 aromatic carbocycles. The zero-order valence-electron chi connectivity index (χ0n) is 6.73. The van der Waals surface area contributed by atoms with Gasteiger partial charge in [-0.3, -0.25) is 5.84 Å². The Labute approximate surface area is 91.1 Å². The number of rotatable bonds is 2. The van der Waals surface area contributed by atoms with Gasteiger partial charge < -0.3 is 5.43 Å². The molecule has 0 saturated carbocycles. The molecule has 3 N–H and O–H groups in total. The average molecular weight is 287 g/mol. The van der Waals surface area contributed by atoms with Gasteiger partial charge in [0.05, 0.1) is 5.69 Å². The number of alkyl halides is 3. The van der Waals surface area contributed by atoms with E-state index in [4.69, 9.17) is 5.84 Å². The number of benzene rings is 1. The summed E-state index contributed by atoms with van der Waals surface area (Å²) in [6.45, 7) is 0. The van der Waals surface area contributed by atoms with Crippen molar-refractivity contribution in [2.24, 2.45) is 5.84 Å². The van der Waals surface area contributed by atoms with E-state index in [0.29, 0.717) is 10.2 Å². The SMILES string of the molecule is NNc1ccc(SC(F)(F)F)cc1Br. The van der Waals surface area contributed by atoms with E-state index >= 15 is 0 Å². The third-order valence-electron chi connectivity index (χ3n) is 1.33. The van der Waals surface area contributed by atoms with Crippen LogP contribution in [0.4, 0.5) is 18.9 Å². The summed E-state index contributed by atoms with van der Waals surface area (Å²) in [5.41, 5.74) is -1.38. The fourth-order valence-corrected chi connectivity index (χ4v) is 2.03. The van der Waals surface area contributed by atoms with E-state index in [1.165, 1.54) is 18.2 Å². The van der Waals surface area contributed by atoms with Crippen molar-refractivity contribution >= 4 is 33.4 Å². The van der Waals surface area contributed by atoms with Gasteiger partial charge in [-0.15, -0.1) is 0 Å². The molecule has 0 bridgehead atoms. The van der Waals surface area contributed by atoms with E-state index in [1.807, 2.05) is 0 Å². The highest BCUT2D eigenvalue weighted by Gasteiger charge is 2.29. The van der Waals surface area contributed by atoms with Crippen LogP contribution in [-0.2, 0) is 0 Å². The minimum atomic E-state index is -4.27. The first kappa shape index (κ1) is 11.7. The first-order valence-electron chi connectivity index (χ1n) is 3.44. The van der Waals surface area contributed by atoms with Crippen LogP contribution < -0.4 is 11.3 Å². The largest absolute Gasteiger partial charge is 0.446 e. The van der Waals surface area contributed by atoms with Crippen LogP contribution in [0.25, 0.3) is 0 Å². The molecular weight excluding hydrogens is 281 g/mol. The highest BCUT2D eigenvalue weighted by atomic mass is 79.9. The maximum absolute atomic E-state index is 12.0. The topological polar surface area (TPSA) is 38.0 Å². The van der Waals surface area contributed by atoms with E-state index in [-0.39, 0.29) is 16.7 Å². The lowest BCUT2D eigenvalue weighted by atomic mass is 10.3. The minimum Gasteiger partial charge on any atom is -0.323 e. The summed E-state index contributed by atoms with van der Waals surface area (Å²) < 4.78 is 36.4. The molecule has 0 saturated heterocycles. The van der Waals surface area contributed by atoms with Gasteiger partial charge in [0.15, 0.2) is 0 Å². The van der Waals surface area contributed by atoms with Gasteiger partial charge >= 0.3 is 5.51 Å². The van der Waals surface area contributed by atoms with Crippen LogP contribution in [-0.4, -0.2) is 5.51 Å². The molecule has 7 heteroatoms. The predicted molar refractivity (Wildman–Crippen MR) is 53.9 cm³/mol. The Morgan fingerprint density at radius 3 is 2.43 bits per heavy atom. The van der Waals surface area contributed by atoms with Crippen molar-refractivity contribution in [2.45, 2.75) is 10.4 Å². The van der Waals surface area contributed by atoms with Gasteiger partial charge in [0.2, 0.25) is 0 Å². The Kier molecular flexibility index (Phi) is 3.68. The number of halogens is 4. The molecular formula is C7H6BrF3N2S. The molecule has 0 aliphatic heterocycles. The molecule has 0 aliphatic carbocycles. The highest BCUT2D eigenvalue weighted by molar-refractivity contribution is 9.10. The number of thioether (sulfide) groups is 1. The molecule has 0 spiro atoms. The zero-order chi connectivity index (χ0) is 10.8. The maximum Gasteiger partial charge on any atom is 0.446 e. The summed E-state index contributed by atoms with van der Waals surface area (Å²) in [7, 11) is 0. The third-order valence-corrected chi connectivity index (χ3v) is 2.71. The van der Waals surface area contributed by atoms with Crippen LogP contribution in [0.2, 0.25) is 0 Å². The van der Waals surface area contributed by atoms with Gasteiger partial charge in [-0.1, -0.05) is 0 Å². The molecule has 0 fully saturated rings. The molecule has 1 rings (SSSR count). The molecule has 0 amide bonds. The number of nitrogen functional groups attached to an aromatic ring is 1. The summed E-state index contributed by atoms with van der Waals surface area (Å²) in [6, 6.07) is 4.17. The first-order valence-corrected chi connectivity index (χ1v) is 5.05. The van der Waals surface area contributed by atoms with Gasteiger partial charge in [0.25, 0.3) is 0 Å². The second-order valence-electron chi connectivity index (χ2n) is 2.33. The van der Waals surface area contributed by atoms with Crippen molar-refractivity contribution in [1.82, 2.24) is 0 Å². The standard InChI is InChI=1S/C7H6BrF3N2S/c8-5-3-4(14-7(9,10)11)1-2-6(5)13-12/h1-3,13H,12H2. The Morgan fingerprint density at radius 2 is 2.00 bits per heavy atom. The second-order valence-corrected chi connectivity index (χ2v) is 4.33. The van der Waals surface area contributed by atoms with Gasteiger partial charge in [-0.05, 0) is 45.9 Å². The number of hydrogen-bond donors (Lipinski definition) is 2. The van der Waals surface area contributed by atoms with Crippen LogP contribution >= 0.6 is 27.7 Å².